The molecule has 0 aliphatic heterocycles. The highest BCUT2D eigenvalue weighted by atomic mass is 79.9. The van der Waals surface area contributed by atoms with E-state index in [4.69, 9.17) is 10.7 Å². The van der Waals surface area contributed by atoms with Gasteiger partial charge in [0, 0.05) is 22.2 Å². The molecule has 0 N–H and O–H groups in total. The molecule has 0 bridgehead atoms. The monoisotopic (exact) mass is 341 g/mol. The van der Waals surface area contributed by atoms with Crippen molar-refractivity contribution in [2.24, 2.45) is 7.05 Å². The summed E-state index contributed by atoms with van der Waals surface area (Å²) in [5.41, 5.74) is 0. The van der Waals surface area contributed by atoms with E-state index < -0.39 is 9.05 Å². The minimum Gasteiger partial charge on any atom is -0.299 e. The van der Waals surface area contributed by atoms with Crippen molar-refractivity contribution in [2.75, 3.05) is 0 Å². The lowest BCUT2D eigenvalue weighted by molar-refractivity contribution is 0.593. The Morgan fingerprint density at radius 1 is 1.50 bits per heavy atom. The van der Waals surface area contributed by atoms with Crippen LogP contribution >= 0.6 is 37.9 Å². The van der Waals surface area contributed by atoms with Gasteiger partial charge >= 0.3 is 0 Å². The van der Waals surface area contributed by atoms with Crippen LogP contribution in [0.25, 0.3) is 10.7 Å². The van der Waals surface area contributed by atoms with Crippen LogP contribution in [0.2, 0.25) is 0 Å². The van der Waals surface area contributed by atoms with Crippen LogP contribution in [-0.4, -0.2) is 23.2 Å². The Morgan fingerprint density at radius 3 is 2.62 bits per heavy atom. The normalized spacial score (nSPS) is 11.9. The molecule has 0 amide bonds. The summed E-state index contributed by atoms with van der Waals surface area (Å²) in [7, 11) is 2.91. The number of nitrogens with zero attached hydrogens (tertiary/aromatic N) is 3. The minimum absolute atomic E-state index is 0.260. The van der Waals surface area contributed by atoms with Gasteiger partial charge in [0.25, 0.3) is 14.2 Å². The summed E-state index contributed by atoms with van der Waals surface area (Å²) in [4.78, 5) is 0.807. The van der Waals surface area contributed by atoms with Gasteiger partial charge in [-0.2, -0.15) is 0 Å². The Kier molecular flexibility index (Phi) is 3.08. The highest BCUT2D eigenvalue weighted by Gasteiger charge is 2.22. The molecule has 86 valence electrons. The molecule has 0 aromatic carbocycles. The molecule has 2 aromatic heterocycles. The zero-order valence-corrected chi connectivity index (χ0v) is 11.9. The fourth-order valence-corrected chi connectivity index (χ4v) is 3.70. The molecule has 0 atom stereocenters. The van der Waals surface area contributed by atoms with Crippen LogP contribution in [0.15, 0.2) is 21.1 Å². The number of rotatable bonds is 2. The predicted molar refractivity (Wildman–Crippen MR) is 65.1 cm³/mol. The zero-order chi connectivity index (χ0) is 11.9. The van der Waals surface area contributed by atoms with E-state index in [1.54, 1.807) is 7.05 Å². The summed E-state index contributed by atoms with van der Waals surface area (Å²) < 4.78 is 24.5. The lowest BCUT2D eigenvalue weighted by Gasteiger charge is -1.99. The molecular weight excluding hydrogens is 338 g/mol. The molecule has 2 heterocycles. The van der Waals surface area contributed by atoms with Crippen LogP contribution in [0.4, 0.5) is 0 Å². The Hall–Kier alpha value is -0.440. The van der Waals surface area contributed by atoms with Gasteiger partial charge in [-0.05, 0) is 27.4 Å². The van der Waals surface area contributed by atoms with E-state index in [2.05, 4.69) is 26.1 Å². The second-order valence-corrected chi connectivity index (χ2v) is 7.13. The molecule has 0 saturated heterocycles. The van der Waals surface area contributed by atoms with Crippen molar-refractivity contribution >= 4 is 47.0 Å². The van der Waals surface area contributed by atoms with Gasteiger partial charge in [-0.15, -0.1) is 21.5 Å². The lowest BCUT2D eigenvalue weighted by atomic mass is 10.4. The predicted octanol–water partition coefficient (Wildman–Crippen LogP) is 2.23. The molecule has 0 saturated carbocycles. The van der Waals surface area contributed by atoms with Crippen LogP contribution in [0.1, 0.15) is 0 Å². The first kappa shape index (κ1) is 12.0. The van der Waals surface area contributed by atoms with E-state index in [9.17, 15) is 8.42 Å². The quantitative estimate of drug-likeness (QED) is 0.785. The molecule has 2 aromatic rings. The van der Waals surface area contributed by atoms with Crippen LogP contribution in [0, 0.1) is 0 Å². The van der Waals surface area contributed by atoms with Crippen molar-refractivity contribution in [3.63, 3.8) is 0 Å². The molecule has 0 aliphatic rings. The molecule has 2 rings (SSSR count). The van der Waals surface area contributed by atoms with Crippen molar-refractivity contribution in [2.45, 2.75) is 5.16 Å². The van der Waals surface area contributed by atoms with Crippen molar-refractivity contribution < 1.29 is 8.42 Å². The van der Waals surface area contributed by atoms with Crippen molar-refractivity contribution in [3.05, 3.63) is 15.9 Å². The van der Waals surface area contributed by atoms with Gasteiger partial charge in [-0.25, -0.2) is 8.42 Å². The second-order valence-electron chi connectivity index (χ2n) is 2.90. The minimum atomic E-state index is -3.87. The molecule has 0 spiro atoms. The number of aromatic nitrogens is 3. The maximum atomic E-state index is 11.2. The summed E-state index contributed by atoms with van der Waals surface area (Å²) in [5, 5.41) is 8.98. The van der Waals surface area contributed by atoms with Gasteiger partial charge in [-0.3, -0.25) is 4.57 Å². The molecular formula is C7H5BrClN3O2S2. The van der Waals surface area contributed by atoms with Crippen LogP contribution in [0.3, 0.4) is 0 Å². The second kappa shape index (κ2) is 4.10. The Morgan fingerprint density at radius 2 is 2.19 bits per heavy atom. The lowest BCUT2D eigenvalue weighted by Crippen LogP contribution is -2.02. The summed E-state index contributed by atoms with van der Waals surface area (Å²) in [6.07, 6.45) is 0. The molecule has 5 nitrogen and oxygen atoms in total. The summed E-state index contributed by atoms with van der Waals surface area (Å²) in [6.45, 7) is 0. The number of thiophene rings is 1. The zero-order valence-electron chi connectivity index (χ0n) is 7.89. The fraction of sp³-hybridized carbons (Fsp3) is 0.143. The van der Waals surface area contributed by atoms with E-state index >= 15 is 0 Å². The number of halogens is 2. The third-order valence-corrected chi connectivity index (χ3v) is 4.91. The van der Waals surface area contributed by atoms with Gasteiger partial charge in [0.2, 0.25) is 0 Å². The Labute approximate surface area is 109 Å². The Bertz CT molecular complexity index is 634. The topological polar surface area (TPSA) is 64.8 Å². The van der Waals surface area contributed by atoms with Gasteiger partial charge in [0.1, 0.15) is 0 Å². The standard InChI is InChI=1S/C7H5BrClN3O2S2/c1-12-6(5-4(8)2-3-15-5)10-11-7(12)16(9,13)14/h2-3H,1H3. The van der Waals surface area contributed by atoms with Gasteiger partial charge in [0.05, 0.1) is 4.88 Å². The molecule has 9 heteroatoms. The van der Waals surface area contributed by atoms with Crippen LogP contribution < -0.4 is 0 Å². The van der Waals surface area contributed by atoms with E-state index in [0.717, 1.165) is 9.35 Å². The van der Waals surface area contributed by atoms with Crippen molar-refractivity contribution in [3.8, 4) is 10.7 Å². The first-order valence-corrected chi connectivity index (χ1v) is 7.97. The van der Waals surface area contributed by atoms with E-state index in [-0.39, 0.29) is 5.16 Å². The summed E-state index contributed by atoms with van der Waals surface area (Å²) in [5.74, 6) is 0.459. The van der Waals surface area contributed by atoms with Crippen molar-refractivity contribution in [1.29, 1.82) is 0 Å². The van der Waals surface area contributed by atoms with E-state index in [0.29, 0.717) is 5.82 Å². The largest absolute Gasteiger partial charge is 0.299 e. The third-order valence-electron chi connectivity index (χ3n) is 1.87. The van der Waals surface area contributed by atoms with Gasteiger partial charge < -0.3 is 0 Å². The highest BCUT2D eigenvalue weighted by Crippen LogP contribution is 2.32. The molecule has 0 radical (unpaired) electrons. The fourth-order valence-electron chi connectivity index (χ4n) is 1.18. The highest BCUT2D eigenvalue weighted by molar-refractivity contribution is 9.10. The van der Waals surface area contributed by atoms with Gasteiger partial charge in [0.15, 0.2) is 5.82 Å². The smallest absolute Gasteiger partial charge is 0.296 e. The van der Waals surface area contributed by atoms with E-state index in [1.807, 2.05) is 11.4 Å². The molecule has 16 heavy (non-hydrogen) atoms. The average Bonchev–Trinajstić information content (AvgIpc) is 2.70. The van der Waals surface area contributed by atoms with Crippen LogP contribution in [0.5, 0.6) is 0 Å². The van der Waals surface area contributed by atoms with E-state index in [1.165, 1.54) is 15.9 Å². The molecule has 0 fully saturated rings. The summed E-state index contributed by atoms with van der Waals surface area (Å²) in [6, 6.07) is 1.85. The average molecular weight is 343 g/mol. The molecule has 0 unspecified atom stereocenters. The maximum absolute atomic E-state index is 11.2. The number of hydrogen-bond acceptors (Lipinski definition) is 5. The number of hydrogen-bond donors (Lipinski definition) is 0. The SMILES string of the molecule is Cn1c(-c2sccc2Br)nnc1S(=O)(=O)Cl. The molecule has 0 aliphatic carbocycles. The first-order chi connectivity index (χ1) is 7.41. The van der Waals surface area contributed by atoms with Gasteiger partial charge in [-0.1, -0.05) is 0 Å². The Balaban J connectivity index is 2.63. The summed E-state index contributed by atoms with van der Waals surface area (Å²) >= 11 is 4.78. The third kappa shape index (κ3) is 2.02. The maximum Gasteiger partial charge on any atom is 0.296 e. The van der Waals surface area contributed by atoms with Crippen molar-refractivity contribution in [1.82, 2.24) is 14.8 Å². The van der Waals surface area contributed by atoms with Crippen LogP contribution in [-0.2, 0) is 16.1 Å². The first-order valence-electron chi connectivity index (χ1n) is 3.98.